The molecule has 0 unspecified atom stereocenters. The molecule has 10 aromatic carbocycles. The molecule has 0 amide bonds. The summed E-state index contributed by atoms with van der Waals surface area (Å²) in [6.45, 7) is 9.56. The first-order valence-electron chi connectivity index (χ1n) is 23.9. The molecule has 0 atom stereocenters. The van der Waals surface area contributed by atoms with Gasteiger partial charge in [0.05, 0.1) is 16.7 Å². The summed E-state index contributed by atoms with van der Waals surface area (Å²) in [5.41, 5.74) is 24.6. The highest BCUT2D eigenvalue weighted by Crippen LogP contribution is 2.56. The van der Waals surface area contributed by atoms with Crippen molar-refractivity contribution in [2.45, 2.75) is 38.5 Å². The molecule has 0 N–H and O–H groups in total. The van der Waals surface area contributed by atoms with E-state index < -0.39 is 0 Å². The molecule has 0 saturated heterocycles. The van der Waals surface area contributed by atoms with Crippen LogP contribution in [-0.4, -0.2) is 4.57 Å². The van der Waals surface area contributed by atoms with Crippen LogP contribution >= 0.6 is 0 Å². The molecule has 1 heterocycles. The van der Waals surface area contributed by atoms with Gasteiger partial charge < -0.3 is 9.47 Å². The average Bonchev–Trinajstić information content (AvgIpc) is 3.94. The summed E-state index contributed by atoms with van der Waals surface area (Å²) in [5.74, 6) is 0. The van der Waals surface area contributed by atoms with Crippen LogP contribution < -0.4 is 4.90 Å². The lowest BCUT2D eigenvalue weighted by atomic mass is 9.77. The van der Waals surface area contributed by atoms with Crippen LogP contribution in [0.25, 0.3) is 83.1 Å². The normalized spacial score (nSPS) is 13.8. The molecule has 0 saturated carbocycles. The minimum absolute atomic E-state index is 0.158. The minimum atomic E-state index is -0.193. The lowest BCUT2D eigenvalue weighted by Crippen LogP contribution is -2.17. The summed E-state index contributed by atoms with van der Waals surface area (Å²) in [6, 6.07) is 85.6. The molecule has 68 heavy (non-hydrogen) atoms. The predicted molar refractivity (Wildman–Crippen MR) is 287 cm³/mol. The molecular weight excluding hydrogens is 821 g/mol. The molecule has 0 radical (unpaired) electrons. The summed E-state index contributed by atoms with van der Waals surface area (Å²) in [4.78, 5) is 2.52. The Morgan fingerprint density at radius 3 is 1.53 bits per heavy atom. The first kappa shape index (κ1) is 40.1. The number of rotatable bonds is 7. The van der Waals surface area contributed by atoms with Crippen molar-refractivity contribution in [2.24, 2.45) is 0 Å². The van der Waals surface area contributed by atoms with Gasteiger partial charge in [-0.05, 0) is 127 Å². The van der Waals surface area contributed by atoms with E-state index in [1.165, 1.54) is 99.7 Å². The van der Waals surface area contributed by atoms with E-state index in [1.807, 2.05) is 0 Å². The standard InChI is InChI=1S/C66H50N2/c1-65(2)57-35-14-11-27-49(57)53-32-18-30-48(63(53)65)44-23-17-26-46(41-44)67(47-39-40-60-56(42-47)51-29-13-16-37-59(51)68(60)45-24-9-6-10-25-45)61-38-20-31-52(62(61)43-21-7-5-8-22-43)55-34-19-33-54-50-28-12-15-36-58(50)66(3,4)64(54)55/h5-42H,1-4H3. The largest absolute Gasteiger partial charge is 0.310 e. The van der Waals surface area contributed by atoms with Gasteiger partial charge in [-0.15, -0.1) is 0 Å². The Morgan fingerprint density at radius 2 is 0.824 bits per heavy atom. The Balaban J connectivity index is 1.09. The summed E-state index contributed by atoms with van der Waals surface area (Å²) >= 11 is 0. The van der Waals surface area contributed by atoms with Gasteiger partial charge in [0.1, 0.15) is 0 Å². The second-order valence-electron chi connectivity index (χ2n) is 19.6. The fraction of sp³-hybridized carbons (Fsp3) is 0.0909. The van der Waals surface area contributed by atoms with E-state index in [1.54, 1.807) is 0 Å². The van der Waals surface area contributed by atoms with Gasteiger partial charge in [0.25, 0.3) is 0 Å². The van der Waals surface area contributed by atoms with Crippen molar-refractivity contribution in [3.05, 3.63) is 253 Å². The molecule has 11 aromatic rings. The van der Waals surface area contributed by atoms with E-state index in [2.05, 4.69) is 268 Å². The van der Waals surface area contributed by atoms with Crippen LogP contribution in [0.3, 0.4) is 0 Å². The Hall–Kier alpha value is -8.20. The van der Waals surface area contributed by atoms with Gasteiger partial charge in [0, 0.05) is 44.2 Å². The Labute approximate surface area is 399 Å². The number of hydrogen-bond donors (Lipinski definition) is 0. The zero-order valence-electron chi connectivity index (χ0n) is 38.8. The van der Waals surface area contributed by atoms with Gasteiger partial charge in [-0.3, -0.25) is 0 Å². The highest BCUT2D eigenvalue weighted by atomic mass is 15.1. The first-order valence-corrected chi connectivity index (χ1v) is 23.9. The molecule has 0 fully saturated rings. The van der Waals surface area contributed by atoms with E-state index in [9.17, 15) is 0 Å². The molecular formula is C66H50N2. The van der Waals surface area contributed by atoms with Gasteiger partial charge in [-0.1, -0.05) is 204 Å². The monoisotopic (exact) mass is 870 g/mol. The maximum atomic E-state index is 2.52. The molecule has 1 aromatic heterocycles. The highest BCUT2D eigenvalue weighted by molar-refractivity contribution is 6.11. The van der Waals surface area contributed by atoms with Gasteiger partial charge in [0.2, 0.25) is 0 Å². The summed E-state index contributed by atoms with van der Waals surface area (Å²) < 4.78 is 2.40. The molecule has 2 nitrogen and oxygen atoms in total. The van der Waals surface area contributed by atoms with Crippen LogP contribution in [-0.2, 0) is 10.8 Å². The van der Waals surface area contributed by atoms with Crippen molar-refractivity contribution in [1.82, 2.24) is 4.57 Å². The number of hydrogen-bond acceptors (Lipinski definition) is 1. The average molecular weight is 871 g/mol. The van der Waals surface area contributed by atoms with E-state index in [0.717, 1.165) is 22.7 Å². The smallest absolute Gasteiger partial charge is 0.0546 e. The fourth-order valence-electron chi connectivity index (χ4n) is 12.2. The van der Waals surface area contributed by atoms with Crippen LogP contribution in [0, 0.1) is 0 Å². The van der Waals surface area contributed by atoms with Crippen LogP contribution in [0.15, 0.2) is 231 Å². The first-order chi connectivity index (χ1) is 33.3. The summed E-state index contributed by atoms with van der Waals surface area (Å²) in [6.07, 6.45) is 0. The van der Waals surface area contributed by atoms with Gasteiger partial charge in [-0.2, -0.15) is 0 Å². The molecule has 2 aliphatic rings. The Morgan fingerprint density at radius 1 is 0.338 bits per heavy atom. The number of anilines is 3. The van der Waals surface area contributed by atoms with Crippen LogP contribution in [0.1, 0.15) is 49.9 Å². The van der Waals surface area contributed by atoms with Crippen molar-refractivity contribution in [2.75, 3.05) is 4.90 Å². The molecule has 2 heteroatoms. The van der Waals surface area contributed by atoms with Gasteiger partial charge >= 0.3 is 0 Å². The van der Waals surface area contributed by atoms with E-state index in [0.29, 0.717) is 0 Å². The zero-order chi connectivity index (χ0) is 45.7. The molecule has 13 rings (SSSR count). The number of nitrogens with zero attached hydrogens (tertiary/aromatic N) is 2. The van der Waals surface area contributed by atoms with Crippen molar-refractivity contribution < 1.29 is 0 Å². The number of fused-ring (bicyclic) bond motifs is 9. The van der Waals surface area contributed by atoms with Crippen molar-refractivity contribution in [3.63, 3.8) is 0 Å². The molecule has 0 spiro atoms. The minimum Gasteiger partial charge on any atom is -0.310 e. The van der Waals surface area contributed by atoms with Gasteiger partial charge in [-0.25, -0.2) is 0 Å². The zero-order valence-corrected chi connectivity index (χ0v) is 38.8. The molecule has 0 bridgehead atoms. The quantitative estimate of drug-likeness (QED) is 0.155. The summed E-state index contributed by atoms with van der Waals surface area (Å²) in [7, 11) is 0. The van der Waals surface area contributed by atoms with Gasteiger partial charge in [0.15, 0.2) is 0 Å². The highest BCUT2D eigenvalue weighted by Gasteiger charge is 2.39. The lowest BCUT2D eigenvalue weighted by Gasteiger charge is -2.31. The van der Waals surface area contributed by atoms with E-state index >= 15 is 0 Å². The third-order valence-electron chi connectivity index (χ3n) is 15.1. The molecule has 324 valence electrons. The van der Waals surface area contributed by atoms with E-state index in [-0.39, 0.29) is 10.8 Å². The third-order valence-corrected chi connectivity index (χ3v) is 15.1. The van der Waals surface area contributed by atoms with Crippen molar-refractivity contribution in [3.8, 4) is 61.3 Å². The molecule has 2 aliphatic carbocycles. The lowest BCUT2D eigenvalue weighted by molar-refractivity contribution is 0.662. The number of benzene rings is 10. The summed E-state index contributed by atoms with van der Waals surface area (Å²) in [5, 5.41) is 2.43. The molecule has 0 aliphatic heterocycles. The second-order valence-corrected chi connectivity index (χ2v) is 19.6. The van der Waals surface area contributed by atoms with E-state index in [4.69, 9.17) is 0 Å². The fourth-order valence-corrected chi connectivity index (χ4v) is 12.2. The predicted octanol–water partition coefficient (Wildman–Crippen LogP) is 17.9. The SMILES string of the molecule is CC1(C)c2ccccc2-c2cccc(-c3cccc(N(c4ccc5c(c4)c4ccccc4n5-c4ccccc4)c4cccc(-c5cccc6c5C(C)(C)c5ccccc5-6)c4-c4ccccc4)c3)c21. The van der Waals surface area contributed by atoms with Crippen LogP contribution in [0.5, 0.6) is 0 Å². The van der Waals surface area contributed by atoms with Crippen molar-refractivity contribution >= 4 is 38.9 Å². The Bertz CT molecular complexity index is 3790. The van der Waals surface area contributed by atoms with Crippen LogP contribution in [0.2, 0.25) is 0 Å². The van der Waals surface area contributed by atoms with Crippen molar-refractivity contribution in [1.29, 1.82) is 0 Å². The topological polar surface area (TPSA) is 8.17 Å². The number of aromatic nitrogens is 1. The maximum absolute atomic E-state index is 2.52. The third kappa shape index (κ3) is 5.90. The Kier molecular flexibility index (Phi) is 8.95. The van der Waals surface area contributed by atoms with Crippen LogP contribution in [0.4, 0.5) is 17.1 Å². The second kappa shape index (κ2) is 15.2. The number of para-hydroxylation sites is 2. The maximum Gasteiger partial charge on any atom is 0.0546 e.